The molecule has 0 saturated heterocycles. The lowest BCUT2D eigenvalue weighted by atomic mass is 10.2. The number of hydrogen-bond acceptors (Lipinski definition) is 4. The number of ether oxygens (including phenoxy) is 1. The molecule has 0 spiro atoms. The topological polar surface area (TPSA) is 51.2 Å². The number of hydrogen-bond donors (Lipinski definition) is 1. The molecule has 1 amide bonds. The van der Waals surface area contributed by atoms with Gasteiger partial charge < -0.3 is 10.1 Å². The van der Waals surface area contributed by atoms with Crippen LogP contribution < -0.4 is 10.1 Å². The van der Waals surface area contributed by atoms with Crippen LogP contribution >= 0.6 is 22.9 Å². The van der Waals surface area contributed by atoms with Gasteiger partial charge in [-0.15, -0.1) is 22.9 Å². The zero-order chi connectivity index (χ0) is 15.2. The predicted octanol–water partition coefficient (Wildman–Crippen LogP) is 4.37. The largest absolute Gasteiger partial charge is 0.481 e. The van der Waals surface area contributed by atoms with Gasteiger partial charge in [0.2, 0.25) is 5.91 Å². The van der Waals surface area contributed by atoms with Crippen molar-refractivity contribution >= 4 is 34.5 Å². The smallest absolute Gasteiger partial charge is 0.221 e. The number of carbonyl (C=O) groups is 1. The summed E-state index contributed by atoms with van der Waals surface area (Å²) < 4.78 is 6.03. The van der Waals surface area contributed by atoms with Crippen LogP contribution in [0.25, 0.3) is 0 Å². The van der Waals surface area contributed by atoms with Gasteiger partial charge in [-0.2, -0.15) is 0 Å². The Bertz CT molecular complexity index is 615. The lowest BCUT2D eigenvalue weighted by Crippen LogP contribution is -2.11. The molecular weight excluding hydrogens is 308 g/mol. The first-order valence-electron chi connectivity index (χ1n) is 6.67. The highest BCUT2D eigenvalue weighted by atomic mass is 35.5. The second kappa shape index (κ2) is 7.43. The molecule has 1 heterocycles. The number of thiazole rings is 1. The average Bonchev–Trinajstić information content (AvgIpc) is 2.94. The van der Waals surface area contributed by atoms with E-state index in [1.165, 1.54) is 18.3 Å². The van der Waals surface area contributed by atoms with E-state index in [1.54, 1.807) is 0 Å². The molecule has 1 atom stereocenters. The van der Waals surface area contributed by atoms with Crippen molar-refractivity contribution in [2.75, 3.05) is 5.32 Å². The minimum atomic E-state index is -0.151. The van der Waals surface area contributed by atoms with Gasteiger partial charge in [0, 0.05) is 12.3 Å². The van der Waals surface area contributed by atoms with Gasteiger partial charge in [-0.25, -0.2) is 4.98 Å². The summed E-state index contributed by atoms with van der Waals surface area (Å²) in [7, 11) is 0. The summed E-state index contributed by atoms with van der Waals surface area (Å²) in [6, 6.07) is 7.38. The maximum absolute atomic E-state index is 11.2. The monoisotopic (exact) mass is 324 g/mol. The summed E-state index contributed by atoms with van der Waals surface area (Å²) >= 11 is 7.32. The first kappa shape index (κ1) is 15.8. The Labute approximate surface area is 133 Å². The highest BCUT2D eigenvalue weighted by Gasteiger charge is 2.17. The van der Waals surface area contributed by atoms with Crippen LogP contribution in [0.4, 0.5) is 5.69 Å². The SMILES string of the molecule is CCC(Oc1ccccc1NC(C)=O)c1nc(CCl)cs1. The molecule has 1 aromatic carbocycles. The highest BCUT2D eigenvalue weighted by molar-refractivity contribution is 7.09. The fourth-order valence-electron chi connectivity index (χ4n) is 1.86. The number of carbonyl (C=O) groups excluding carboxylic acids is 1. The van der Waals surface area contributed by atoms with Crippen molar-refractivity contribution in [1.29, 1.82) is 0 Å². The van der Waals surface area contributed by atoms with Crippen LogP contribution in [0.15, 0.2) is 29.6 Å². The van der Waals surface area contributed by atoms with E-state index < -0.39 is 0 Å². The number of benzene rings is 1. The standard InChI is InChI=1S/C15H17ClN2O2S/c1-3-13(15-18-11(8-16)9-21-15)20-14-7-5-4-6-12(14)17-10(2)19/h4-7,9,13H,3,8H2,1-2H3,(H,17,19). The van der Waals surface area contributed by atoms with E-state index in [2.05, 4.69) is 10.3 Å². The van der Waals surface area contributed by atoms with Gasteiger partial charge >= 0.3 is 0 Å². The third-order valence-corrected chi connectivity index (χ3v) is 4.08. The van der Waals surface area contributed by atoms with E-state index >= 15 is 0 Å². The number of anilines is 1. The fraction of sp³-hybridized carbons (Fsp3) is 0.333. The quantitative estimate of drug-likeness (QED) is 0.803. The van der Waals surface area contributed by atoms with Crippen molar-refractivity contribution in [2.24, 2.45) is 0 Å². The molecule has 0 aliphatic carbocycles. The van der Waals surface area contributed by atoms with E-state index in [-0.39, 0.29) is 12.0 Å². The van der Waals surface area contributed by atoms with Gasteiger partial charge in [0.05, 0.1) is 17.3 Å². The first-order chi connectivity index (χ1) is 10.1. The van der Waals surface area contributed by atoms with Crippen LogP contribution in [0.5, 0.6) is 5.75 Å². The van der Waals surface area contributed by atoms with Crippen molar-refractivity contribution in [2.45, 2.75) is 32.3 Å². The summed E-state index contributed by atoms with van der Waals surface area (Å²) in [5, 5.41) is 5.60. The first-order valence-corrected chi connectivity index (χ1v) is 8.09. The second-order valence-electron chi connectivity index (χ2n) is 4.50. The van der Waals surface area contributed by atoms with Gasteiger partial charge in [0.25, 0.3) is 0 Å². The van der Waals surface area contributed by atoms with E-state index in [0.717, 1.165) is 17.1 Å². The highest BCUT2D eigenvalue weighted by Crippen LogP contribution is 2.32. The predicted molar refractivity (Wildman–Crippen MR) is 86.1 cm³/mol. The number of nitrogens with zero attached hydrogens (tertiary/aromatic N) is 1. The van der Waals surface area contributed by atoms with Gasteiger partial charge in [0.15, 0.2) is 0 Å². The van der Waals surface area contributed by atoms with Gasteiger partial charge in [-0.1, -0.05) is 19.1 Å². The Hall–Kier alpha value is -1.59. The van der Waals surface area contributed by atoms with Gasteiger partial charge in [-0.05, 0) is 18.6 Å². The number of rotatable bonds is 6. The Morgan fingerprint density at radius 2 is 2.24 bits per heavy atom. The third kappa shape index (κ3) is 4.19. The Morgan fingerprint density at radius 3 is 2.86 bits per heavy atom. The number of amides is 1. The molecule has 4 nitrogen and oxygen atoms in total. The maximum atomic E-state index is 11.2. The minimum absolute atomic E-state index is 0.127. The second-order valence-corrected chi connectivity index (χ2v) is 5.66. The zero-order valence-corrected chi connectivity index (χ0v) is 13.5. The molecule has 2 aromatic rings. The molecule has 0 radical (unpaired) electrons. The van der Waals surface area contributed by atoms with E-state index in [0.29, 0.717) is 17.3 Å². The van der Waals surface area contributed by atoms with Crippen LogP contribution in [0.2, 0.25) is 0 Å². The van der Waals surface area contributed by atoms with Crippen molar-refractivity contribution in [1.82, 2.24) is 4.98 Å². The van der Waals surface area contributed by atoms with Crippen molar-refractivity contribution < 1.29 is 9.53 Å². The average molecular weight is 325 g/mol. The van der Waals surface area contributed by atoms with Gasteiger partial charge in [0.1, 0.15) is 16.9 Å². The molecule has 0 fully saturated rings. The summed E-state index contributed by atoms with van der Waals surface area (Å²) in [4.78, 5) is 15.7. The molecule has 112 valence electrons. The van der Waals surface area contributed by atoms with Crippen LogP contribution in [-0.2, 0) is 10.7 Å². The van der Waals surface area contributed by atoms with Crippen LogP contribution in [0.3, 0.4) is 0 Å². The molecular formula is C15H17ClN2O2S. The number of aromatic nitrogens is 1. The molecule has 0 aliphatic heterocycles. The van der Waals surface area contributed by atoms with Crippen molar-refractivity contribution in [3.8, 4) is 5.75 Å². The molecule has 21 heavy (non-hydrogen) atoms. The lowest BCUT2D eigenvalue weighted by Gasteiger charge is -2.18. The molecule has 0 aliphatic rings. The molecule has 1 aromatic heterocycles. The van der Waals surface area contributed by atoms with Crippen LogP contribution in [0.1, 0.15) is 37.1 Å². The fourth-order valence-corrected chi connectivity index (χ4v) is 3.01. The number of nitrogens with one attached hydrogen (secondary N) is 1. The van der Waals surface area contributed by atoms with Crippen molar-refractivity contribution in [3.05, 3.63) is 40.3 Å². The Kier molecular flexibility index (Phi) is 5.59. The molecule has 0 bridgehead atoms. The lowest BCUT2D eigenvalue weighted by molar-refractivity contribution is -0.114. The molecule has 6 heteroatoms. The van der Waals surface area contributed by atoms with Crippen molar-refractivity contribution in [3.63, 3.8) is 0 Å². The summed E-state index contributed by atoms with van der Waals surface area (Å²) in [6.45, 7) is 3.51. The number of para-hydroxylation sites is 2. The molecule has 1 unspecified atom stereocenters. The molecule has 2 rings (SSSR count). The maximum Gasteiger partial charge on any atom is 0.221 e. The van der Waals surface area contributed by atoms with E-state index in [9.17, 15) is 4.79 Å². The summed E-state index contributed by atoms with van der Waals surface area (Å²) in [6.07, 6.45) is 0.630. The van der Waals surface area contributed by atoms with E-state index in [4.69, 9.17) is 16.3 Å². The molecule has 0 saturated carbocycles. The number of alkyl halides is 1. The normalized spacial score (nSPS) is 12.0. The molecule has 1 N–H and O–H groups in total. The summed E-state index contributed by atoms with van der Waals surface area (Å²) in [5.41, 5.74) is 1.52. The number of halogens is 1. The minimum Gasteiger partial charge on any atom is -0.481 e. The summed E-state index contributed by atoms with van der Waals surface area (Å²) in [5.74, 6) is 0.912. The Balaban J connectivity index is 2.20. The van der Waals surface area contributed by atoms with E-state index in [1.807, 2.05) is 36.6 Å². The van der Waals surface area contributed by atoms with Crippen LogP contribution in [0, 0.1) is 0 Å². The van der Waals surface area contributed by atoms with Crippen LogP contribution in [-0.4, -0.2) is 10.9 Å². The van der Waals surface area contributed by atoms with Gasteiger partial charge in [-0.3, -0.25) is 4.79 Å². The third-order valence-electron chi connectivity index (χ3n) is 2.82. The Morgan fingerprint density at radius 1 is 1.48 bits per heavy atom. The zero-order valence-electron chi connectivity index (χ0n) is 11.9.